The van der Waals surface area contributed by atoms with Crippen LogP contribution in [-0.4, -0.2) is 37.4 Å². The maximum absolute atomic E-state index is 10.8. The lowest BCUT2D eigenvalue weighted by molar-refractivity contribution is -0.141. The molecule has 0 saturated carbocycles. The number of esters is 1. The van der Waals surface area contributed by atoms with Crippen LogP contribution in [0.5, 0.6) is 0 Å². The zero-order valence-corrected chi connectivity index (χ0v) is 10.7. The fraction of sp³-hybridized carbons (Fsp3) is 0.917. The Morgan fingerprint density at radius 1 is 1.38 bits per heavy atom. The van der Waals surface area contributed by atoms with Gasteiger partial charge in [0.25, 0.3) is 0 Å². The first-order valence-electron chi connectivity index (χ1n) is 6.01. The van der Waals surface area contributed by atoms with Gasteiger partial charge in [-0.1, -0.05) is 13.8 Å². The third-order valence-electron chi connectivity index (χ3n) is 2.42. The second kappa shape index (κ2) is 9.60. The number of rotatable bonds is 9. The van der Waals surface area contributed by atoms with E-state index < -0.39 is 6.10 Å². The van der Waals surface area contributed by atoms with E-state index in [1.807, 2.05) is 0 Å². The van der Waals surface area contributed by atoms with Gasteiger partial charge in [-0.25, -0.2) is 0 Å². The molecule has 0 fully saturated rings. The molecule has 4 heteroatoms. The number of ether oxygens (including phenoxy) is 1. The molecule has 16 heavy (non-hydrogen) atoms. The minimum atomic E-state index is -0.460. The highest BCUT2D eigenvalue weighted by molar-refractivity contribution is 5.69. The highest BCUT2D eigenvalue weighted by atomic mass is 16.5. The first-order valence-corrected chi connectivity index (χ1v) is 6.01. The van der Waals surface area contributed by atoms with Crippen LogP contribution in [0.3, 0.4) is 0 Å². The summed E-state index contributed by atoms with van der Waals surface area (Å²) in [4.78, 5) is 10.8. The summed E-state index contributed by atoms with van der Waals surface area (Å²) in [5, 5.41) is 12.7. The van der Waals surface area contributed by atoms with Crippen molar-refractivity contribution in [3.8, 4) is 0 Å². The zero-order valence-electron chi connectivity index (χ0n) is 10.7. The van der Waals surface area contributed by atoms with E-state index in [4.69, 9.17) is 0 Å². The normalized spacial score (nSPS) is 12.8. The van der Waals surface area contributed by atoms with Gasteiger partial charge in [-0.15, -0.1) is 0 Å². The Balaban J connectivity index is 3.30. The lowest BCUT2D eigenvalue weighted by Crippen LogP contribution is -2.28. The summed E-state index contributed by atoms with van der Waals surface area (Å²) in [5.41, 5.74) is 0. The van der Waals surface area contributed by atoms with E-state index in [2.05, 4.69) is 23.9 Å². The van der Waals surface area contributed by atoms with Crippen LogP contribution in [-0.2, 0) is 9.53 Å². The average Bonchev–Trinajstić information content (AvgIpc) is 2.24. The molecule has 0 aliphatic rings. The Bertz CT molecular complexity index is 183. The van der Waals surface area contributed by atoms with Gasteiger partial charge in [-0.05, 0) is 31.7 Å². The van der Waals surface area contributed by atoms with E-state index >= 15 is 0 Å². The molecular weight excluding hydrogens is 206 g/mol. The molecule has 0 amide bonds. The molecule has 0 aromatic carbocycles. The quantitative estimate of drug-likeness (QED) is 0.464. The summed E-state index contributed by atoms with van der Waals surface area (Å²) in [7, 11) is 1.36. The predicted molar refractivity (Wildman–Crippen MR) is 64.2 cm³/mol. The fourth-order valence-electron chi connectivity index (χ4n) is 1.39. The summed E-state index contributed by atoms with van der Waals surface area (Å²) < 4.78 is 4.50. The van der Waals surface area contributed by atoms with Crippen molar-refractivity contribution < 1.29 is 14.6 Å². The minimum absolute atomic E-state index is 0.265. The van der Waals surface area contributed by atoms with Crippen LogP contribution in [0.4, 0.5) is 0 Å². The largest absolute Gasteiger partial charge is 0.469 e. The van der Waals surface area contributed by atoms with Gasteiger partial charge in [0.2, 0.25) is 0 Å². The Morgan fingerprint density at radius 3 is 2.62 bits per heavy atom. The predicted octanol–water partition coefficient (Wildman–Crippen LogP) is 1.33. The standard InChI is InChI=1S/C12H25NO3/c1-10(2)5-4-8-13-9-11(14)6-7-12(15)16-3/h10-11,13-14H,4-9H2,1-3H3. The molecule has 4 nitrogen and oxygen atoms in total. The molecule has 96 valence electrons. The number of carbonyl (C=O) groups is 1. The van der Waals surface area contributed by atoms with Crippen molar-refractivity contribution in [1.29, 1.82) is 0 Å². The molecule has 2 N–H and O–H groups in total. The van der Waals surface area contributed by atoms with Crippen molar-refractivity contribution in [3.05, 3.63) is 0 Å². The second-order valence-corrected chi connectivity index (χ2v) is 4.51. The molecule has 0 radical (unpaired) electrons. The topological polar surface area (TPSA) is 58.6 Å². The van der Waals surface area contributed by atoms with Gasteiger partial charge in [0.05, 0.1) is 13.2 Å². The number of nitrogens with one attached hydrogen (secondary N) is 1. The number of aliphatic hydroxyl groups is 1. The van der Waals surface area contributed by atoms with Crippen LogP contribution in [0.2, 0.25) is 0 Å². The Hall–Kier alpha value is -0.610. The molecule has 0 aliphatic carbocycles. The number of methoxy groups -OCH3 is 1. The Morgan fingerprint density at radius 2 is 2.06 bits per heavy atom. The van der Waals surface area contributed by atoms with Crippen molar-refractivity contribution in [1.82, 2.24) is 5.32 Å². The maximum Gasteiger partial charge on any atom is 0.305 e. The van der Waals surface area contributed by atoms with Gasteiger partial charge in [0, 0.05) is 13.0 Å². The van der Waals surface area contributed by atoms with Crippen molar-refractivity contribution in [3.63, 3.8) is 0 Å². The minimum Gasteiger partial charge on any atom is -0.469 e. The summed E-state index contributed by atoms with van der Waals surface area (Å²) in [5.74, 6) is 0.463. The zero-order chi connectivity index (χ0) is 12.4. The highest BCUT2D eigenvalue weighted by Crippen LogP contribution is 2.02. The lowest BCUT2D eigenvalue weighted by atomic mass is 10.1. The smallest absolute Gasteiger partial charge is 0.305 e. The molecule has 0 saturated heterocycles. The van der Waals surface area contributed by atoms with Gasteiger partial charge in [0.15, 0.2) is 0 Å². The van der Waals surface area contributed by atoms with E-state index in [0.717, 1.165) is 18.9 Å². The third-order valence-corrected chi connectivity index (χ3v) is 2.42. The number of hydrogen-bond donors (Lipinski definition) is 2. The molecular formula is C12H25NO3. The van der Waals surface area contributed by atoms with E-state index in [1.54, 1.807) is 0 Å². The van der Waals surface area contributed by atoms with Crippen molar-refractivity contribution in [2.24, 2.45) is 5.92 Å². The van der Waals surface area contributed by atoms with Crippen LogP contribution < -0.4 is 5.32 Å². The molecule has 0 spiro atoms. The Kier molecular flexibility index (Phi) is 9.24. The lowest BCUT2D eigenvalue weighted by Gasteiger charge is -2.11. The first kappa shape index (κ1) is 15.4. The van der Waals surface area contributed by atoms with E-state index in [9.17, 15) is 9.90 Å². The molecule has 0 aromatic heterocycles. The number of hydrogen-bond acceptors (Lipinski definition) is 4. The molecule has 1 unspecified atom stereocenters. The van der Waals surface area contributed by atoms with Crippen LogP contribution in [0.25, 0.3) is 0 Å². The van der Waals surface area contributed by atoms with Crippen LogP contribution in [0.15, 0.2) is 0 Å². The molecule has 0 bridgehead atoms. The van der Waals surface area contributed by atoms with Crippen LogP contribution in [0.1, 0.15) is 39.5 Å². The van der Waals surface area contributed by atoms with Crippen molar-refractivity contribution in [2.45, 2.75) is 45.6 Å². The number of carbonyl (C=O) groups excluding carboxylic acids is 1. The number of aliphatic hydroxyl groups excluding tert-OH is 1. The van der Waals surface area contributed by atoms with E-state index in [1.165, 1.54) is 13.5 Å². The highest BCUT2D eigenvalue weighted by Gasteiger charge is 2.07. The fourth-order valence-corrected chi connectivity index (χ4v) is 1.39. The van der Waals surface area contributed by atoms with Crippen LogP contribution in [0, 0.1) is 5.92 Å². The Labute approximate surface area is 98.4 Å². The van der Waals surface area contributed by atoms with Crippen LogP contribution >= 0.6 is 0 Å². The molecule has 0 aliphatic heterocycles. The average molecular weight is 231 g/mol. The molecule has 0 rings (SSSR count). The second-order valence-electron chi connectivity index (χ2n) is 4.51. The van der Waals surface area contributed by atoms with E-state index in [0.29, 0.717) is 13.0 Å². The summed E-state index contributed by atoms with van der Waals surface area (Å²) in [6.07, 6.45) is 2.61. The van der Waals surface area contributed by atoms with Gasteiger partial charge in [-0.3, -0.25) is 4.79 Å². The van der Waals surface area contributed by atoms with Gasteiger partial charge in [-0.2, -0.15) is 0 Å². The van der Waals surface area contributed by atoms with Gasteiger partial charge < -0.3 is 15.2 Å². The van der Waals surface area contributed by atoms with Gasteiger partial charge >= 0.3 is 5.97 Å². The summed E-state index contributed by atoms with van der Waals surface area (Å²) in [6, 6.07) is 0. The van der Waals surface area contributed by atoms with E-state index in [-0.39, 0.29) is 12.4 Å². The summed E-state index contributed by atoms with van der Waals surface area (Å²) >= 11 is 0. The first-order chi connectivity index (χ1) is 7.56. The third kappa shape index (κ3) is 9.93. The molecule has 1 atom stereocenters. The maximum atomic E-state index is 10.8. The van der Waals surface area contributed by atoms with Crippen molar-refractivity contribution >= 4 is 5.97 Å². The SMILES string of the molecule is COC(=O)CCC(O)CNCCCC(C)C. The monoisotopic (exact) mass is 231 g/mol. The van der Waals surface area contributed by atoms with Crippen molar-refractivity contribution in [2.75, 3.05) is 20.2 Å². The molecule has 0 heterocycles. The van der Waals surface area contributed by atoms with Gasteiger partial charge in [0.1, 0.15) is 0 Å². The summed E-state index contributed by atoms with van der Waals surface area (Å²) in [6.45, 7) is 5.87. The molecule has 0 aromatic rings.